The van der Waals surface area contributed by atoms with Gasteiger partial charge in [-0.05, 0) is 43.5 Å². The molecule has 1 aliphatic carbocycles. The van der Waals surface area contributed by atoms with Crippen LogP contribution in [0.15, 0.2) is 29.0 Å². The van der Waals surface area contributed by atoms with Crippen molar-refractivity contribution in [3.8, 4) is 17.2 Å². The molecule has 3 N–H and O–H groups in total. The van der Waals surface area contributed by atoms with Crippen molar-refractivity contribution < 1.29 is 39.1 Å². The van der Waals surface area contributed by atoms with Crippen LogP contribution < -0.4 is 4.74 Å². The van der Waals surface area contributed by atoms with Gasteiger partial charge in [0, 0.05) is 18.4 Å². The summed E-state index contributed by atoms with van der Waals surface area (Å²) in [6.45, 7) is 4.94. The molecule has 0 bridgehead atoms. The SMILES string of the molecule is CCCC1=CC2=C(CO1)C(=O)[C@](C)(O)[C@H](OC(=O)c1c(C)cc(O)c(O)c1OC)C2. The fraction of sp³-hybridized carbons (Fsp3) is 0.455. The summed E-state index contributed by atoms with van der Waals surface area (Å²) in [7, 11) is 1.24. The molecule has 30 heavy (non-hydrogen) atoms. The molecule has 0 amide bonds. The maximum Gasteiger partial charge on any atom is 0.342 e. The molecule has 0 saturated heterocycles. The van der Waals surface area contributed by atoms with E-state index in [1.807, 2.05) is 6.92 Å². The normalized spacial score (nSPS) is 23.4. The van der Waals surface area contributed by atoms with Crippen LogP contribution in [-0.2, 0) is 14.3 Å². The van der Waals surface area contributed by atoms with Gasteiger partial charge in [0.1, 0.15) is 18.3 Å². The predicted octanol–water partition coefficient (Wildman–Crippen LogP) is 2.67. The summed E-state index contributed by atoms with van der Waals surface area (Å²) < 4.78 is 16.2. The summed E-state index contributed by atoms with van der Waals surface area (Å²) in [4.78, 5) is 25.8. The Kier molecular flexibility index (Phi) is 5.81. The maximum absolute atomic E-state index is 12.9. The summed E-state index contributed by atoms with van der Waals surface area (Å²) in [5, 5.41) is 30.6. The van der Waals surface area contributed by atoms with E-state index in [2.05, 4.69) is 0 Å². The topological polar surface area (TPSA) is 123 Å². The van der Waals surface area contributed by atoms with Gasteiger partial charge in [0.15, 0.2) is 22.9 Å². The van der Waals surface area contributed by atoms with E-state index in [4.69, 9.17) is 14.2 Å². The first-order valence-corrected chi connectivity index (χ1v) is 9.74. The average molecular weight is 418 g/mol. The number of aromatic hydroxyl groups is 2. The van der Waals surface area contributed by atoms with Gasteiger partial charge in [-0.1, -0.05) is 6.92 Å². The Morgan fingerprint density at radius 1 is 1.37 bits per heavy atom. The Labute approximate surface area is 174 Å². The largest absolute Gasteiger partial charge is 0.504 e. The molecular weight excluding hydrogens is 392 g/mol. The van der Waals surface area contributed by atoms with E-state index in [0.717, 1.165) is 18.6 Å². The van der Waals surface area contributed by atoms with E-state index in [9.17, 15) is 24.9 Å². The number of ketones is 1. The van der Waals surface area contributed by atoms with Gasteiger partial charge in [-0.3, -0.25) is 4.79 Å². The highest BCUT2D eigenvalue weighted by Crippen LogP contribution is 2.42. The van der Waals surface area contributed by atoms with Crippen LogP contribution in [-0.4, -0.2) is 52.5 Å². The molecule has 2 atom stereocenters. The molecule has 1 aromatic carbocycles. The second-order valence-corrected chi connectivity index (χ2v) is 7.70. The average Bonchev–Trinajstić information content (AvgIpc) is 2.68. The third-order valence-electron chi connectivity index (χ3n) is 5.48. The molecule has 8 heteroatoms. The van der Waals surface area contributed by atoms with Crippen LogP contribution in [0.4, 0.5) is 0 Å². The molecule has 2 aliphatic rings. The molecule has 8 nitrogen and oxygen atoms in total. The number of carbonyl (C=O) groups excluding carboxylic acids is 2. The summed E-state index contributed by atoms with van der Waals surface area (Å²) in [5.74, 6) is -1.96. The molecule has 0 spiro atoms. The number of esters is 1. The fourth-order valence-corrected chi connectivity index (χ4v) is 3.77. The van der Waals surface area contributed by atoms with Crippen molar-refractivity contribution in [3.05, 3.63) is 40.2 Å². The Bertz CT molecular complexity index is 954. The second kappa shape index (κ2) is 8.02. The lowest BCUT2D eigenvalue weighted by Crippen LogP contribution is -2.53. The highest BCUT2D eigenvalue weighted by Gasteiger charge is 2.49. The standard InChI is InChI=1S/C22H26O8/c1-5-6-13-8-12-9-16(22(3,27)20(25)14(12)10-29-13)30-21(26)17-11(2)7-15(23)18(24)19(17)28-4/h7-8,16,23-24,27H,5-6,9-10H2,1-4H3/t16-,22-/m1/s1. The van der Waals surface area contributed by atoms with Gasteiger partial charge in [-0.25, -0.2) is 4.79 Å². The Hall–Kier alpha value is -3.00. The van der Waals surface area contributed by atoms with Crippen LogP contribution in [0.25, 0.3) is 0 Å². The molecule has 1 aliphatic heterocycles. The van der Waals surface area contributed by atoms with Crippen molar-refractivity contribution in [1.29, 1.82) is 0 Å². The lowest BCUT2D eigenvalue weighted by molar-refractivity contribution is -0.146. The molecule has 0 saturated carbocycles. The van der Waals surface area contributed by atoms with Crippen molar-refractivity contribution in [3.63, 3.8) is 0 Å². The third kappa shape index (κ3) is 3.63. The molecular formula is C22H26O8. The van der Waals surface area contributed by atoms with Gasteiger partial charge < -0.3 is 29.5 Å². The quantitative estimate of drug-likeness (QED) is 0.493. The van der Waals surface area contributed by atoms with Crippen molar-refractivity contribution in [2.75, 3.05) is 13.7 Å². The van der Waals surface area contributed by atoms with Gasteiger partial charge in [0.2, 0.25) is 5.75 Å². The van der Waals surface area contributed by atoms with Crippen LogP contribution in [0, 0.1) is 6.92 Å². The number of ether oxygens (including phenoxy) is 3. The minimum absolute atomic E-state index is 0.0790. The number of benzene rings is 1. The van der Waals surface area contributed by atoms with E-state index in [1.165, 1.54) is 20.1 Å². The van der Waals surface area contributed by atoms with E-state index in [1.54, 1.807) is 13.0 Å². The number of phenols is 2. The smallest absolute Gasteiger partial charge is 0.342 e. The van der Waals surface area contributed by atoms with E-state index in [0.29, 0.717) is 16.7 Å². The number of hydrogen-bond donors (Lipinski definition) is 3. The minimum Gasteiger partial charge on any atom is -0.504 e. The summed E-state index contributed by atoms with van der Waals surface area (Å²) >= 11 is 0. The molecule has 0 radical (unpaired) electrons. The van der Waals surface area contributed by atoms with Crippen LogP contribution >= 0.6 is 0 Å². The highest BCUT2D eigenvalue weighted by molar-refractivity contribution is 6.05. The van der Waals surface area contributed by atoms with Crippen LogP contribution in [0.2, 0.25) is 0 Å². The zero-order chi connectivity index (χ0) is 22.2. The Balaban J connectivity index is 1.94. The number of methoxy groups -OCH3 is 1. The zero-order valence-corrected chi connectivity index (χ0v) is 17.4. The lowest BCUT2D eigenvalue weighted by Gasteiger charge is -2.38. The number of Topliss-reactive ketones (excluding diaryl/α,β-unsaturated/α-hetero) is 1. The van der Waals surface area contributed by atoms with Crippen molar-refractivity contribution in [1.82, 2.24) is 0 Å². The number of allylic oxidation sites excluding steroid dienone is 2. The first kappa shape index (κ1) is 21.7. The third-order valence-corrected chi connectivity index (χ3v) is 5.48. The van der Waals surface area contributed by atoms with Crippen LogP contribution in [0.3, 0.4) is 0 Å². The summed E-state index contributed by atoms with van der Waals surface area (Å²) in [6, 6.07) is 1.21. The predicted molar refractivity (Wildman–Crippen MR) is 106 cm³/mol. The zero-order valence-electron chi connectivity index (χ0n) is 17.4. The van der Waals surface area contributed by atoms with E-state index in [-0.39, 0.29) is 24.3 Å². The number of phenolic OH excluding ortho intramolecular Hbond substituents is 2. The number of aryl methyl sites for hydroxylation is 1. The second-order valence-electron chi connectivity index (χ2n) is 7.70. The van der Waals surface area contributed by atoms with Crippen LogP contribution in [0.1, 0.15) is 49.0 Å². The molecule has 162 valence electrons. The van der Waals surface area contributed by atoms with E-state index >= 15 is 0 Å². The van der Waals surface area contributed by atoms with Gasteiger partial charge in [0.25, 0.3) is 0 Å². The first-order chi connectivity index (χ1) is 14.1. The van der Waals surface area contributed by atoms with Gasteiger partial charge in [-0.2, -0.15) is 0 Å². The van der Waals surface area contributed by atoms with Gasteiger partial charge in [0.05, 0.1) is 12.9 Å². The molecule has 0 aromatic heterocycles. The fourth-order valence-electron chi connectivity index (χ4n) is 3.77. The van der Waals surface area contributed by atoms with Gasteiger partial charge in [-0.15, -0.1) is 0 Å². The maximum atomic E-state index is 12.9. The Morgan fingerprint density at radius 3 is 2.70 bits per heavy atom. The molecule has 0 unspecified atom stereocenters. The highest BCUT2D eigenvalue weighted by atomic mass is 16.6. The Morgan fingerprint density at radius 2 is 2.07 bits per heavy atom. The molecule has 0 fully saturated rings. The molecule has 3 rings (SSSR count). The van der Waals surface area contributed by atoms with Crippen molar-refractivity contribution in [2.24, 2.45) is 0 Å². The van der Waals surface area contributed by atoms with Crippen LogP contribution in [0.5, 0.6) is 17.2 Å². The number of aliphatic hydroxyl groups is 1. The van der Waals surface area contributed by atoms with Crippen molar-refractivity contribution in [2.45, 2.75) is 51.7 Å². The summed E-state index contributed by atoms with van der Waals surface area (Å²) in [6.07, 6.45) is 2.36. The van der Waals surface area contributed by atoms with E-state index < -0.39 is 35.0 Å². The first-order valence-electron chi connectivity index (χ1n) is 9.74. The summed E-state index contributed by atoms with van der Waals surface area (Å²) in [5.41, 5.74) is -0.664. The molecule has 1 aromatic rings. The van der Waals surface area contributed by atoms with Crippen molar-refractivity contribution >= 4 is 11.8 Å². The molecule has 1 heterocycles. The number of carbonyl (C=O) groups is 2. The minimum atomic E-state index is -1.94. The monoisotopic (exact) mass is 418 g/mol. The number of hydrogen-bond acceptors (Lipinski definition) is 8. The number of rotatable bonds is 5. The van der Waals surface area contributed by atoms with Gasteiger partial charge >= 0.3 is 5.97 Å². The lowest BCUT2D eigenvalue weighted by atomic mass is 9.77.